The van der Waals surface area contributed by atoms with Crippen molar-refractivity contribution in [1.29, 1.82) is 0 Å². The van der Waals surface area contributed by atoms with Gasteiger partial charge in [0.25, 0.3) is 0 Å². The molecule has 0 aliphatic rings. The van der Waals surface area contributed by atoms with Crippen LogP contribution < -0.4 is 10.5 Å². The molecular weight excluding hydrogens is 248 g/mol. The third-order valence-electron chi connectivity index (χ3n) is 2.83. The number of aryl methyl sites for hydroxylation is 1. The van der Waals surface area contributed by atoms with Gasteiger partial charge in [-0.05, 0) is 43.1 Å². The first-order valence-electron chi connectivity index (χ1n) is 6.04. The summed E-state index contributed by atoms with van der Waals surface area (Å²) in [6.07, 6.45) is 0.473. The highest BCUT2D eigenvalue weighted by Crippen LogP contribution is 2.31. The predicted molar refractivity (Wildman–Crippen MR) is 70.4 cm³/mol. The number of para-hydroxylation sites is 1. The zero-order valence-electron chi connectivity index (χ0n) is 10.6. The highest BCUT2D eigenvalue weighted by Gasteiger charge is 2.13. The van der Waals surface area contributed by atoms with Crippen LogP contribution in [-0.4, -0.2) is 6.54 Å². The summed E-state index contributed by atoms with van der Waals surface area (Å²) in [6, 6.07) is 9.35. The number of benzene rings is 2. The molecule has 19 heavy (non-hydrogen) atoms. The molecule has 2 aromatic carbocycles. The SMILES string of the molecule is Cc1cccc(Oc2c(F)cccc2CCN)c1F. The van der Waals surface area contributed by atoms with Crippen LogP contribution in [0.3, 0.4) is 0 Å². The molecule has 0 unspecified atom stereocenters. The van der Waals surface area contributed by atoms with Crippen LogP contribution in [-0.2, 0) is 6.42 Å². The van der Waals surface area contributed by atoms with Gasteiger partial charge >= 0.3 is 0 Å². The minimum atomic E-state index is -0.521. The number of halogens is 2. The van der Waals surface area contributed by atoms with Crippen molar-refractivity contribution in [2.45, 2.75) is 13.3 Å². The second-order valence-corrected chi connectivity index (χ2v) is 4.26. The molecule has 2 N–H and O–H groups in total. The largest absolute Gasteiger partial charge is 0.451 e. The lowest BCUT2D eigenvalue weighted by molar-refractivity contribution is 0.408. The molecule has 0 saturated carbocycles. The van der Waals surface area contributed by atoms with Crippen molar-refractivity contribution in [3.63, 3.8) is 0 Å². The predicted octanol–water partition coefficient (Wildman–Crippen LogP) is 3.57. The van der Waals surface area contributed by atoms with Gasteiger partial charge in [-0.25, -0.2) is 8.78 Å². The first kappa shape index (κ1) is 13.5. The minimum Gasteiger partial charge on any atom is -0.451 e. The topological polar surface area (TPSA) is 35.2 Å². The van der Waals surface area contributed by atoms with Gasteiger partial charge in [-0.3, -0.25) is 0 Å². The van der Waals surface area contributed by atoms with Crippen molar-refractivity contribution in [2.24, 2.45) is 5.73 Å². The maximum absolute atomic E-state index is 13.9. The van der Waals surface area contributed by atoms with Gasteiger partial charge in [-0.1, -0.05) is 24.3 Å². The van der Waals surface area contributed by atoms with Crippen molar-refractivity contribution >= 4 is 0 Å². The molecule has 0 amide bonds. The average Bonchev–Trinajstić information content (AvgIpc) is 2.39. The van der Waals surface area contributed by atoms with E-state index in [1.54, 1.807) is 31.2 Å². The van der Waals surface area contributed by atoms with Crippen LogP contribution in [0.4, 0.5) is 8.78 Å². The zero-order chi connectivity index (χ0) is 13.8. The second kappa shape index (κ2) is 5.80. The third kappa shape index (κ3) is 2.90. The van der Waals surface area contributed by atoms with E-state index in [1.807, 2.05) is 0 Å². The zero-order valence-corrected chi connectivity index (χ0v) is 10.6. The number of nitrogens with two attached hydrogens (primary N) is 1. The van der Waals surface area contributed by atoms with E-state index in [-0.39, 0.29) is 11.5 Å². The van der Waals surface area contributed by atoms with Gasteiger partial charge in [0.2, 0.25) is 0 Å². The normalized spacial score (nSPS) is 10.5. The summed E-state index contributed by atoms with van der Waals surface area (Å²) in [5.41, 5.74) is 6.56. The number of hydrogen-bond acceptors (Lipinski definition) is 2. The Labute approximate surface area is 110 Å². The molecule has 0 bridgehead atoms. The Morgan fingerprint density at radius 1 is 1.11 bits per heavy atom. The molecule has 2 nitrogen and oxygen atoms in total. The van der Waals surface area contributed by atoms with Crippen molar-refractivity contribution in [3.05, 3.63) is 59.2 Å². The molecule has 2 rings (SSSR count). The molecule has 0 atom stereocenters. The summed E-state index contributed by atoms with van der Waals surface area (Å²) in [5.74, 6) is -0.947. The average molecular weight is 263 g/mol. The molecule has 2 aromatic rings. The monoisotopic (exact) mass is 263 g/mol. The summed E-state index contributed by atoms with van der Waals surface area (Å²) < 4.78 is 33.1. The van der Waals surface area contributed by atoms with Gasteiger partial charge in [0.1, 0.15) is 0 Å². The van der Waals surface area contributed by atoms with E-state index in [4.69, 9.17) is 10.5 Å². The van der Waals surface area contributed by atoms with E-state index >= 15 is 0 Å². The van der Waals surface area contributed by atoms with E-state index < -0.39 is 11.6 Å². The van der Waals surface area contributed by atoms with Crippen molar-refractivity contribution in [2.75, 3.05) is 6.54 Å². The molecule has 4 heteroatoms. The lowest BCUT2D eigenvalue weighted by atomic mass is 10.1. The molecule has 0 aliphatic heterocycles. The Balaban J connectivity index is 2.40. The Morgan fingerprint density at radius 3 is 2.58 bits per heavy atom. The standard InChI is InChI=1S/C15H15F2NO/c1-10-4-2-7-13(14(10)17)19-15-11(8-9-18)5-3-6-12(15)16/h2-7H,8-9,18H2,1H3. The molecule has 0 aliphatic carbocycles. The third-order valence-corrected chi connectivity index (χ3v) is 2.83. The van der Waals surface area contributed by atoms with Crippen LogP contribution in [0, 0.1) is 18.6 Å². The van der Waals surface area contributed by atoms with Crippen molar-refractivity contribution in [1.82, 2.24) is 0 Å². The molecule has 0 spiro atoms. The fourth-order valence-electron chi connectivity index (χ4n) is 1.83. The Kier molecular flexibility index (Phi) is 4.12. The molecule has 0 fully saturated rings. The van der Waals surface area contributed by atoms with Gasteiger partial charge in [0.05, 0.1) is 0 Å². The first-order chi connectivity index (χ1) is 9.13. The maximum atomic E-state index is 13.9. The molecule has 0 saturated heterocycles. The van der Waals surface area contributed by atoms with E-state index in [2.05, 4.69) is 0 Å². The van der Waals surface area contributed by atoms with E-state index in [1.165, 1.54) is 12.1 Å². The van der Waals surface area contributed by atoms with Crippen LogP contribution in [0.2, 0.25) is 0 Å². The molecule has 0 heterocycles. The van der Waals surface area contributed by atoms with Gasteiger partial charge in [-0.2, -0.15) is 0 Å². The molecule has 100 valence electrons. The van der Waals surface area contributed by atoms with Crippen molar-refractivity contribution in [3.8, 4) is 11.5 Å². The van der Waals surface area contributed by atoms with E-state index in [9.17, 15) is 8.78 Å². The minimum absolute atomic E-state index is 0.0170. The number of ether oxygens (including phenoxy) is 1. The fraction of sp³-hybridized carbons (Fsp3) is 0.200. The van der Waals surface area contributed by atoms with Crippen LogP contribution in [0.1, 0.15) is 11.1 Å². The molecular formula is C15H15F2NO. The smallest absolute Gasteiger partial charge is 0.168 e. The van der Waals surface area contributed by atoms with Crippen LogP contribution in [0.25, 0.3) is 0 Å². The number of rotatable bonds is 4. The highest BCUT2D eigenvalue weighted by atomic mass is 19.1. The Morgan fingerprint density at radius 2 is 1.84 bits per heavy atom. The summed E-state index contributed by atoms with van der Waals surface area (Å²) in [7, 11) is 0. The van der Waals surface area contributed by atoms with Crippen molar-refractivity contribution < 1.29 is 13.5 Å². The number of hydrogen-bond donors (Lipinski definition) is 1. The first-order valence-corrected chi connectivity index (χ1v) is 6.04. The summed E-state index contributed by atoms with van der Waals surface area (Å²) in [4.78, 5) is 0. The Bertz CT molecular complexity index is 584. The van der Waals surface area contributed by atoms with Crippen LogP contribution in [0.5, 0.6) is 11.5 Å². The van der Waals surface area contributed by atoms with Crippen LogP contribution >= 0.6 is 0 Å². The van der Waals surface area contributed by atoms with Crippen LogP contribution in [0.15, 0.2) is 36.4 Å². The summed E-state index contributed by atoms with van der Waals surface area (Å²) in [6.45, 7) is 2.00. The lowest BCUT2D eigenvalue weighted by Gasteiger charge is -2.12. The second-order valence-electron chi connectivity index (χ2n) is 4.26. The fourth-order valence-corrected chi connectivity index (χ4v) is 1.83. The lowest BCUT2D eigenvalue weighted by Crippen LogP contribution is -2.05. The van der Waals surface area contributed by atoms with E-state index in [0.29, 0.717) is 24.1 Å². The Hall–Kier alpha value is -1.94. The summed E-state index contributed by atoms with van der Waals surface area (Å²) >= 11 is 0. The summed E-state index contributed by atoms with van der Waals surface area (Å²) in [5, 5.41) is 0. The molecule has 0 radical (unpaired) electrons. The quantitative estimate of drug-likeness (QED) is 0.915. The van der Waals surface area contributed by atoms with Gasteiger partial charge in [0.15, 0.2) is 23.1 Å². The molecule has 0 aromatic heterocycles. The maximum Gasteiger partial charge on any atom is 0.168 e. The highest BCUT2D eigenvalue weighted by molar-refractivity contribution is 5.40. The van der Waals surface area contributed by atoms with Gasteiger partial charge in [0, 0.05) is 0 Å². The van der Waals surface area contributed by atoms with E-state index in [0.717, 1.165) is 0 Å². The van der Waals surface area contributed by atoms with Gasteiger partial charge < -0.3 is 10.5 Å². The van der Waals surface area contributed by atoms with Gasteiger partial charge in [-0.15, -0.1) is 0 Å².